The molecule has 14 heavy (non-hydrogen) atoms. The van der Waals surface area contributed by atoms with Crippen LogP contribution in [0.15, 0.2) is 5.38 Å². The largest absolute Gasteiger partial charge is 0.375 e. The second kappa shape index (κ2) is 4.12. The van der Waals surface area contributed by atoms with E-state index < -0.39 is 0 Å². The summed E-state index contributed by atoms with van der Waals surface area (Å²) in [5, 5.41) is 3.05. The SMILES string of the molecule is Cc1nc(N)sc1-c1csc(N)n1.Cl. The number of nitrogens with two attached hydrogens (primary N) is 2. The highest BCUT2D eigenvalue weighted by Crippen LogP contribution is 2.32. The summed E-state index contributed by atoms with van der Waals surface area (Å²) in [7, 11) is 0. The van der Waals surface area contributed by atoms with Crippen LogP contribution in [0.1, 0.15) is 5.69 Å². The molecule has 0 atom stereocenters. The van der Waals surface area contributed by atoms with Crippen LogP contribution in [-0.4, -0.2) is 9.97 Å². The fourth-order valence-corrected chi connectivity index (χ4v) is 2.47. The van der Waals surface area contributed by atoms with E-state index in [0.29, 0.717) is 10.3 Å². The van der Waals surface area contributed by atoms with E-state index in [1.165, 1.54) is 22.7 Å². The molecule has 0 aliphatic heterocycles. The topological polar surface area (TPSA) is 77.8 Å². The highest BCUT2D eigenvalue weighted by atomic mass is 35.5. The van der Waals surface area contributed by atoms with Crippen LogP contribution in [0.5, 0.6) is 0 Å². The second-order valence-corrected chi connectivity index (χ2v) is 4.46. The van der Waals surface area contributed by atoms with Crippen molar-refractivity contribution in [3.63, 3.8) is 0 Å². The van der Waals surface area contributed by atoms with Gasteiger partial charge in [0.15, 0.2) is 10.3 Å². The summed E-state index contributed by atoms with van der Waals surface area (Å²) >= 11 is 2.86. The first-order valence-electron chi connectivity index (χ1n) is 3.61. The third-order valence-corrected chi connectivity index (χ3v) is 3.25. The molecule has 4 nitrogen and oxygen atoms in total. The maximum atomic E-state index is 5.58. The predicted molar refractivity (Wildman–Crippen MR) is 64.0 cm³/mol. The molecule has 0 aromatic carbocycles. The molecule has 0 saturated carbocycles. The molecule has 2 heterocycles. The van der Waals surface area contributed by atoms with Crippen molar-refractivity contribution in [1.29, 1.82) is 0 Å². The summed E-state index contributed by atoms with van der Waals surface area (Å²) in [6.07, 6.45) is 0. The summed E-state index contributed by atoms with van der Waals surface area (Å²) in [5.41, 5.74) is 12.9. The van der Waals surface area contributed by atoms with Gasteiger partial charge in [-0.1, -0.05) is 11.3 Å². The quantitative estimate of drug-likeness (QED) is 0.811. The minimum absolute atomic E-state index is 0. The highest BCUT2D eigenvalue weighted by Gasteiger charge is 2.10. The Morgan fingerprint density at radius 3 is 2.36 bits per heavy atom. The zero-order valence-corrected chi connectivity index (χ0v) is 9.80. The van der Waals surface area contributed by atoms with Crippen molar-refractivity contribution < 1.29 is 0 Å². The summed E-state index contributed by atoms with van der Waals surface area (Å²) < 4.78 is 0. The van der Waals surface area contributed by atoms with Crippen LogP contribution in [0.3, 0.4) is 0 Å². The number of aryl methyl sites for hydroxylation is 1. The van der Waals surface area contributed by atoms with Gasteiger partial charge >= 0.3 is 0 Å². The monoisotopic (exact) mass is 248 g/mol. The molecular formula is C7H9ClN4S2. The Kier molecular flexibility index (Phi) is 3.30. The molecule has 0 fully saturated rings. The van der Waals surface area contributed by atoms with Crippen molar-refractivity contribution in [3.05, 3.63) is 11.1 Å². The lowest BCUT2D eigenvalue weighted by Gasteiger charge is -1.89. The average molecular weight is 249 g/mol. The molecule has 4 N–H and O–H groups in total. The first-order valence-corrected chi connectivity index (χ1v) is 5.30. The number of nitrogens with zero attached hydrogens (tertiary/aromatic N) is 2. The maximum absolute atomic E-state index is 5.58. The van der Waals surface area contributed by atoms with E-state index in [-0.39, 0.29) is 12.4 Å². The minimum atomic E-state index is 0. The van der Waals surface area contributed by atoms with E-state index in [2.05, 4.69) is 9.97 Å². The van der Waals surface area contributed by atoms with Gasteiger partial charge in [-0.05, 0) is 6.92 Å². The molecule has 0 amide bonds. The summed E-state index contributed by atoms with van der Waals surface area (Å²) in [4.78, 5) is 9.29. The minimum Gasteiger partial charge on any atom is -0.375 e. The van der Waals surface area contributed by atoms with E-state index in [1.54, 1.807) is 0 Å². The molecule has 0 spiro atoms. The fraction of sp³-hybridized carbons (Fsp3) is 0.143. The highest BCUT2D eigenvalue weighted by molar-refractivity contribution is 7.19. The third-order valence-electron chi connectivity index (χ3n) is 1.57. The van der Waals surface area contributed by atoms with Crippen molar-refractivity contribution >= 4 is 45.3 Å². The third kappa shape index (κ3) is 1.97. The molecule has 2 aromatic rings. The molecule has 0 unspecified atom stereocenters. The Labute approximate surface area is 95.4 Å². The first kappa shape index (κ1) is 11.2. The standard InChI is InChI=1S/C7H8N4S2.ClH/c1-3-5(13-7(9)10-3)4-2-12-6(8)11-4;/h2H,1H3,(H2,8,11)(H2,9,10);1H. The van der Waals surface area contributed by atoms with Gasteiger partial charge in [-0.3, -0.25) is 0 Å². The number of hydrogen-bond acceptors (Lipinski definition) is 6. The number of aromatic nitrogens is 2. The lowest BCUT2D eigenvalue weighted by molar-refractivity contribution is 1.26. The van der Waals surface area contributed by atoms with E-state index >= 15 is 0 Å². The molecule has 2 rings (SSSR count). The average Bonchev–Trinajstić information content (AvgIpc) is 2.58. The maximum Gasteiger partial charge on any atom is 0.180 e. The predicted octanol–water partition coefficient (Wildman–Crippen LogP) is 2.16. The van der Waals surface area contributed by atoms with Crippen LogP contribution in [0.2, 0.25) is 0 Å². The van der Waals surface area contributed by atoms with Crippen molar-refractivity contribution in [2.45, 2.75) is 6.92 Å². The Hall–Kier alpha value is -0.850. The summed E-state index contributed by atoms with van der Waals surface area (Å²) in [6.45, 7) is 1.91. The summed E-state index contributed by atoms with van der Waals surface area (Å²) in [5.74, 6) is 0. The van der Waals surface area contributed by atoms with Gasteiger partial charge in [0, 0.05) is 5.38 Å². The number of rotatable bonds is 1. The van der Waals surface area contributed by atoms with Crippen LogP contribution in [0.25, 0.3) is 10.6 Å². The molecule has 7 heteroatoms. The van der Waals surface area contributed by atoms with Crippen molar-refractivity contribution in [1.82, 2.24) is 9.97 Å². The molecule has 0 saturated heterocycles. The Balaban J connectivity index is 0.000000980. The van der Waals surface area contributed by atoms with Gasteiger partial charge in [-0.15, -0.1) is 23.7 Å². The summed E-state index contributed by atoms with van der Waals surface area (Å²) in [6, 6.07) is 0. The molecule has 0 aliphatic rings. The smallest absolute Gasteiger partial charge is 0.180 e. The van der Waals surface area contributed by atoms with Crippen molar-refractivity contribution in [2.24, 2.45) is 0 Å². The van der Waals surface area contributed by atoms with Gasteiger partial charge in [0.2, 0.25) is 0 Å². The Morgan fingerprint density at radius 1 is 1.21 bits per heavy atom. The van der Waals surface area contributed by atoms with E-state index in [4.69, 9.17) is 11.5 Å². The fourth-order valence-electron chi connectivity index (χ4n) is 1.05. The molecule has 0 bridgehead atoms. The van der Waals surface area contributed by atoms with Crippen LogP contribution < -0.4 is 11.5 Å². The van der Waals surface area contributed by atoms with Crippen molar-refractivity contribution in [3.8, 4) is 10.6 Å². The normalized spacial score (nSPS) is 9.79. The van der Waals surface area contributed by atoms with Gasteiger partial charge in [-0.2, -0.15) is 0 Å². The molecular weight excluding hydrogens is 240 g/mol. The van der Waals surface area contributed by atoms with E-state index in [1.807, 2.05) is 12.3 Å². The van der Waals surface area contributed by atoms with Crippen molar-refractivity contribution in [2.75, 3.05) is 11.5 Å². The van der Waals surface area contributed by atoms with Gasteiger partial charge in [-0.25, -0.2) is 9.97 Å². The molecule has 0 aliphatic carbocycles. The van der Waals surface area contributed by atoms with E-state index in [9.17, 15) is 0 Å². The molecule has 0 radical (unpaired) electrons. The zero-order chi connectivity index (χ0) is 9.42. The van der Waals surface area contributed by atoms with Crippen LogP contribution in [0.4, 0.5) is 10.3 Å². The van der Waals surface area contributed by atoms with Gasteiger partial charge in [0.1, 0.15) is 0 Å². The molecule has 2 aromatic heterocycles. The lowest BCUT2D eigenvalue weighted by Crippen LogP contribution is -1.83. The number of thiazole rings is 2. The van der Waals surface area contributed by atoms with Gasteiger partial charge < -0.3 is 11.5 Å². The zero-order valence-electron chi connectivity index (χ0n) is 7.35. The second-order valence-electron chi connectivity index (χ2n) is 2.54. The first-order chi connectivity index (χ1) is 6.16. The van der Waals surface area contributed by atoms with E-state index in [0.717, 1.165) is 16.3 Å². The Bertz CT molecular complexity index is 437. The number of nitrogen functional groups attached to an aromatic ring is 2. The van der Waals surface area contributed by atoms with Gasteiger partial charge in [0.25, 0.3) is 0 Å². The number of anilines is 2. The van der Waals surface area contributed by atoms with Gasteiger partial charge in [0.05, 0.1) is 16.3 Å². The number of halogens is 1. The van der Waals surface area contributed by atoms with Crippen LogP contribution >= 0.6 is 35.1 Å². The Morgan fingerprint density at radius 2 is 1.93 bits per heavy atom. The van der Waals surface area contributed by atoms with Crippen LogP contribution in [-0.2, 0) is 0 Å². The lowest BCUT2D eigenvalue weighted by atomic mass is 10.3. The molecule has 76 valence electrons. The number of hydrogen-bond donors (Lipinski definition) is 2. The van der Waals surface area contributed by atoms with Crippen LogP contribution in [0, 0.1) is 6.92 Å².